The Morgan fingerprint density at radius 2 is 1.84 bits per heavy atom. The Morgan fingerprint density at radius 1 is 1.00 bits per heavy atom. The quantitative estimate of drug-likeness (QED) is 0.339. The molecule has 0 fully saturated rings. The first-order chi connectivity index (χ1) is 15.5. The van der Waals surface area contributed by atoms with Crippen LogP contribution in [0, 0.1) is 19.7 Å². The number of halogens is 2. The largest absolute Gasteiger partial charge is 0.351 e. The summed E-state index contributed by atoms with van der Waals surface area (Å²) in [5.41, 5.74) is 6.65. The van der Waals surface area contributed by atoms with E-state index < -0.39 is 0 Å². The smallest absolute Gasteiger partial charge is 0.164 e. The first-order valence-electron chi connectivity index (χ1n) is 10.1. The van der Waals surface area contributed by atoms with Crippen molar-refractivity contribution < 1.29 is 4.39 Å². The number of aryl methyl sites for hydroxylation is 2. The molecule has 0 bridgehead atoms. The van der Waals surface area contributed by atoms with Crippen LogP contribution in [-0.4, -0.2) is 19.4 Å². The van der Waals surface area contributed by atoms with Gasteiger partial charge in [-0.2, -0.15) is 0 Å². The zero-order chi connectivity index (χ0) is 22.2. The standard InChI is InChI=1S/C25H19ClFN5/c1-15-11-17(9-10-29-15)19-8-7-18(12-22(19)27)30-23-13-28-14-32-16(2)24(31-25(23)32)20-5-3-4-6-21(20)26/h3-14,30H,1-2H3. The minimum Gasteiger partial charge on any atom is -0.351 e. The number of benzene rings is 2. The predicted octanol–water partition coefficient (Wildman–Crippen LogP) is 6.61. The summed E-state index contributed by atoms with van der Waals surface area (Å²) in [6.45, 7) is 3.85. The molecule has 0 saturated carbocycles. The van der Waals surface area contributed by atoms with Gasteiger partial charge in [-0.1, -0.05) is 29.8 Å². The van der Waals surface area contributed by atoms with Gasteiger partial charge in [0.1, 0.15) is 17.8 Å². The lowest BCUT2D eigenvalue weighted by Crippen LogP contribution is -1.98. The lowest BCUT2D eigenvalue weighted by atomic mass is 10.1. The molecular formula is C25H19ClFN5. The Hall–Kier alpha value is -3.77. The van der Waals surface area contributed by atoms with Crippen molar-refractivity contribution in [3.05, 3.63) is 95.5 Å². The first-order valence-corrected chi connectivity index (χ1v) is 10.5. The van der Waals surface area contributed by atoms with Crippen LogP contribution in [0.3, 0.4) is 0 Å². The van der Waals surface area contributed by atoms with E-state index in [1.165, 1.54) is 6.07 Å². The maximum Gasteiger partial charge on any atom is 0.164 e. The predicted molar refractivity (Wildman–Crippen MR) is 126 cm³/mol. The van der Waals surface area contributed by atoms with Crippen molar-refractivity contribution in [1.29, 1.82) is 0 Å². The van der Waals surface area contributed by atoms with Crippen LogP contribution >= 0.6 is 11.6 Å². The molecule has 0 saturated heterocycles. The number of aromatic nitrogens is 4. The Kier molecular flexibility index (Phi) is 5.07. The lowest BCUT2D eigenvalue weighted by molar-refractivity contribution is 0.632. The summed E-state index contributed by atoms with van der Waals surface area (Å²) in [4.78, 5) is 13.3. The maximum absolute atomic E-state index is 14.9. The van der Waals surface area contributed by atoms with Gasteiger partial charge in [0.2, 0.25) is 0 Å². The molecule has 0 unspecified atom stereocenters. The van der Waals surface area contributed by atoms with Gasteiger partial charge in [-0.05, 0) is 55.8 Å². The molecule has 5 rings (SSSR count). The molecular weight excluding hydrogens is 425 g/mol. The van der Waals surface area contributed by atoms with Crippen molar-refractivity contribution in [1.82, 2.24) is 19.4 Å². The van der Waals surface area contributed by atoms with Crippen LogP contribution < -0.4 is 5.32 Å². The van der Waals surface area contributed by atoms with Crippen molar-refractivity contribution in [2.75, 3.05) is 5.32 Å². The SMILES string of the molecule is Cc1cc(-c2ccc(Nc3cncn4c(C)c(-c5ccccc5Cl)nc34)cc2F)ccn1. The van der Waals surface area contributed by atoms with Crippen LogP contribution in [-0.2, 0) is 0 Å². The summed E-state index contributed by atoms with van der Waals surface area (Å²) < 4.78 is 16.8. The number of pyridine rings is 1. The van der Waals surface area contributed by atoms with Gasteiger partial charge < -0.3 is 5.32 Å². The molecule has 5 nitrogen and oxygen atoms in total. The van der Waals surface area contributed by atoms with Gasteiger partial charge in [-0.15, -0.1) is 0 Å². The van der Waals surface area contributed by atoms with E-state index in [-0.39, 0.29) is 5.82 Å². The van der Waals surface area contributed by atoms with Crippen molar-refractivity contribution in [3.8, 4) is 22.4 Å². The van der Waals surface area contributed by atoms with Gasteiger partial charge in [-0.25, -0.2) is 14.4 Å². The van der Waals surface area contributed by atoms with Gasteiger partial charge in [0.05, 0.1) is 16.9 Å². The van der Waals surface area contributed by atoms with Crippen molar-refractivity contribution in [2.45, 2.75) is 13.8 Å². The fourth-order valence-electron chi connectivity index (χ4n) is 3.77. The molecule has 158 valence electrons. The second kappa shape index (κ2) is 8.05. The van der Waals surface area contributed by atoms with E-state index in [1.54, 1.807) is 30.9 Å². The van der Waals surface area contributed by atoms with E-state index in [0.29, 0.717) is 27.6 Å². The third kappa shape index (κ3) is 3.59. The van der Waals surface area contributed by atoms with Gasteiger partial charge >= 0.3 is 0 Å². The second-order valence-electron chi connectivity index (χ2n) is 7.53. The zero-order valence-corrected chi connectivity index (χ0v) is 18.2. The molecule has 0 aliphatic rings. The second-order valence-corrected chi connectivity index (χ2v) is 7.94. The van der Waals surface area contributed by atoms with Crippen molar-refractivity contribution >= 4 is 28.6 Å². The summed E-state index contributed by atoms with van der Waals surface area (Å²) in [6.07, 6.45) is 5.06. The fourth-order valence-corrected chi connectivity index (χ4v) is 3.99. The van der Waals surface area contributed by atoms with Gasteiger partial charge in [0.25, 0.3) is 0 Å². The molecule has 0 aliphatic heterocycles. The average molecular weight is 444 g/mol. The Balaban J connectivity index is 1.53. The highest BCUT2D eigenvalue weighted by molar-refractivity contribution is 6.33. The van der Waals surface area contributed by atoms with Crippen LogP contribution in [0.15, 0.2) is 73.3 Å². The normalized spacial score (nSPS) is 11.1. The van der Waals surface area contributed by atoms with E-state index >= 15 is 0 Å². The number of nitrogens with one attached hydrogen (secondary N) is 1. The maximum atomic E-state index is 14.9. The van der Waals surface area contributed by atoms with Crippen LogP contribution in [0.25, 0.3) is 28.0 Å². The zero-order valence-electron chi connectivity index (χ0n) is 17.5. The number of fused-ring (bicyclic) bond motifs is 1. The van der Waals surface area contributed by atoms with Gasteiger partial charge in [0, 0.05) is 34.4 Å². The Labute approximate surface area is 189 Å². The molecule has 0 aliphatic carbocycles. The molecule has 0 radical (unpaired) electrons. The molecule has 32 heavy (non-hydrogen) atoms. The number of imidazole rings is 1. The number of rotatable bonds is 4. The van der Waals surface area contributed by atoms with Crippen LogP contribution in [0.4, 0.5) is 15.8 Å². The van der Waals surface area contributed by atoms with Gasteiger partial charge in [-0.3, -0.25) is 9.38 Å². The van der Waals surface area contributed by atoms with E-state index in [0.717, 1.165) is 28.2 Å². The van der Waals surface area contributed by atoms with Gasteiger partial charge in [0.15, 0.2) is 5.65 Å². The fraction of sp³-hybridized carbons (Fsp3) is 0.0800. The van der Waals surface area contributed by atoms with E-state index in [2.05, 4.69) is 15.3 Å². The average Bonchev–Trinajstić information content (AvgIpc) is 3.12. The minimum absolute atomic E-state index is 0.322. The highest BCUT2D eigenvalue weighted by Crippen LogP contribution is 2.33. The lowest BCUT2D eigenvalue weighted by Gasteiger charge is -2.10. The van der Waals surface area contributed by atoms with Crippen LogP contribution in [0.5, 0.6) is 0 Å². The highest BCUT2D eigenvalue weighted by Gasteiger charge is 2.16. The van der Waals surface area contributed by atoms with E-state index in [4.69, 9.17) is 16.6 Å². The van der Waals surface area contributed by atoms with Crippen molar-refractivity contribution in [2.24, 2.45) is 0 Å². The molecule has 0 amide bonds. The summed E-state index contributed by atoms with van der Waals surface area (Å²) in [5, 5.41) is 3.88. The van der Waals surface area contributed by atoms with Crippen LogP contribution in [0.2, 0.25) is 5.02 Å². The molecule has 7 heteroatoms. The molecule has 0 spiro atoms. The summed E-state index contributed by atoms with van der Waals surface area (Å²) in [7, 11) is 0. The third-order valence-electron chi connectivity index (χ3n) is 5.36. The summed E-state index contributed by atoms with van der Waals surface area (Å²) in [6, 6.07) is 16.3. The molecule has 0 atom stereocenters. The molecule has 5 aromatic rings. The molecule has 2 aromatic carbocycles. The number of hydrogen-bond donors (Lipinski definition) is 1. The molecule has 3 aromatic heterocycles. The summed E-state index contributed by atoms with van der Waals surface area (Å²) >= 11 is 6.39. The Bertz CT molecular complexity index is 1460. The first kappa shape index (κ1) is 20.2. The number of anilines is 2. The number of nitrogens with zero attached hydrogens (tertiary/aromatic N) is 4. The minimum atomic E-state index is -0.322. The monoisotopic (exact) mass is 443 g/mol. The van der Waals surface area contributed by atoms with Crippen LogP contribution in [0.1, 0.15) is 11.4 Å². The topological polar surface area (TPSA) is 55.1 Å². The number of hydrogen-bond acceptors (Lipinski definition) is 4. The Morgan fingerprint density at radius 3 is 2.62 bits per heavy atom. The molecule has 3 heterocycles. The van der Waals surface area contributed by atoms with E-state index in [1.807, 2.05) is 54.6 Å². The molecule has 1 N–H and O–H groups in total. The third-order valence-corrected chi connectivity index (χ3v) is 5.69. The van der Waals surface area contributed by atoms with E-state index in [9.17, 15) is 4.39 Å². The summed E-state index contributed by atoms with van der Waals surface area (Å²) in [5.74, 6) is -0.322. The highest BCUT2D eigenvalue weighted by atomic mass is 35.5. The van der Waals surface area contributed by atoms with Crippen molar-refractivity contribution in [3.63, 3.8) is 0 Å².